The molecule has 1 atom stereocenters. The number of carboxylic acid groups (broad SMARTS) is 1. The molecule has 0 spiro atoms. The van der Waals surface area contributed by atoms with E-state index in [1.54, 1.807) is 12.1 Å². The molecule has 4 heteroatoms. The second kappa shape index (κ2) is 3.46. The summed E-state index contributed by atoms with van der Waals surface area (Å²) in [4.78, 5) is 12.3. The molecule has 2 rings (SSSR count). The average molecular weight is 207 g/mol. The number of phenols is 1. The maximum Gasteiger partial charge on any atom is 0.407 e. The van der Waals surface area contributed by atoms with E-state index in [0.717, 1.165) is 11.1 Å². The summed E-state index contributed by atoms with van der Waals surface area (Å²) in [5.74, 6) is 0.186. The van der Waals surface area contributed by atoms with Crippen LogP contribution in [-0.4, -0.2) is 27.2 Å². The van der Waals surface area contributed by atoms with Crippen LogP contribution in [0.15, 0.2) is 18.2 Å². The molecule has 2 N–H and O–H groups in total. The normalized spacial score (nSPS) is 19.8. The summed E-state index contributed by atoms with van der Waals surface area (Å²) in [7, 11) is 0. The molecular formula is C11H13NO3. The van der Waals surface area contributed by atoms with Crippen molar-refractivity contribution >= 4 is 6.09 Å². The van der Waals surface area contributed by atoms with Gasteiger partial charge in [0, 0.05) is 11.6 Å². The minimum Gasteiger partial charge on any atom is -0.508 e. The molecule has 1 aromatic carbocycles. The van der Waals surface area contributed by atoms with Crippen molar-refractivity contribution in [2.45, 2.75) is 25.9 Å². The summed E-state index contributed by atoms with van der Waals surface area (Å²) in [5.41, 5.74) is 1.78. The molecule has 1 aliphatic rings. The van der Waals surface area contributed by atoms with E-state index in [4.69, 9.17) is 5.11 Å². The van der Waals surface area contributed by atoms with Crippen LogP contribution in [0.5, 0.6) is 5.75 Å². The Balaban J connectivity index is 2.39. The second-order valence-electron chi connectivity index (χ2n) is 3.88. The van der Waals surface area contributed by atoms with E-state index in [0.29, 0.717) is 6.42 Å². The lowest BCUT2D eigenvalue weighted by Gasteiger charge is -2.32. The first kappa shape index (κ1) is 9.83. The maximum atomic E-state index is 10.9. The molecule has 1 heterocycles. The Hall–Kier alpha value is -1.71. The predicted molar refractivity (Wildman–Crippen MR) is 54.8 cm³/mol. The van der Waals surface area contributed by atoms with Gasteiger partial charge in [-0.1, -0.05) is 12.1 Å². The maximum absolute atomic E-state index is 10.9. The molecule has 0 aliphatic carbocycles. The SMILES string of the molecule is CC1Cc2cccc(O)c2CN1C(=O)O. The van der Waals surface area contributed by atoms with Crippen LogP contribution in [0.25, 0.3) is 0 Å². The standard InChI is InChI=1S/C11H13NO3/c1-7-5-8-3-2-4-10(13)9(8)6-12(7)11(14)15/h2-4,7,13H,5-6H2,1H3,(H,14,15). The first-order chi connectivity index (χ1) is 7.09. The van der Waals surface area contributed by atoms with Gasteiger partial charge in [-0.15, -0.1) is 0 Å². The topological polar surface area (TPSA) is 60.8 Å². The zero-order chi connectivity index (χ0) is 11.0. The largest absolute Gasteiger partial charge is 0.508 e. The Bertz CT molecular complexity index is 403. The van der Waals surface area contributed by atoms with Crippen molar-refractivity contribution in [1.82, 2.24) is 4.90 Å². The van der Waals surface area contributed by atoms with Gasteiger partial charge >= 0.3 is 6.09 Å². The van der Waals surface area contributed by atoms with Crippen LogP contribution in [0.1, 0.15) is 18.1 Å². The van der Waals surface area contributed by atoms with Crippen LogP contribution in [0.4, 0.5) is 4.79 Å². The highest BCUT2D eigenvalue weighted by Crippen LogP contribution is 2.29. The Kier molecular flexibility index (Phi) is 2.26. The number of phenolic OH excluding ortho intramolecular Hbond substituents is 1. The second-order valence-corrected chi connectivity index (χ2v) is 3.88. The lowest BCUT2D eigenvalue weighted by Crippen LogP contribution is -2.41. The summed E-state index contributed by atoms with van der Waals surface area (Å²) in [5, 5.41) is 18.6. The molecule has 0 fully saturated rings. The highest BCUT2D eigenvalue weighted by Gasteiger charge is 2.27. The lowest BCUT2D eigenvalue weighted by atomic mass is 9.94. The molecule has 0 saturated carbocycles. The zero-order valence-electron chi connectivity index (χ0n) is 8.47. The number of hydrogen-bond acceptors (Lipinski definition) is 2. The number of fused-ring (bicyclic) bond motifs is 1. The third-order valence-electron chi connectivity index (χ3n) is 2.87. The van der Waals surface area contributed by atoms with Crippen LogP contribution in [0.3, 0.4) is 0 Å². The van der Waals surface area contributed by atoms with Gasteiger partial charge in [-0.25, -0.2) is 4.79 Å². The van der Waals surface area contributed by atoms with Crippen LogP contribution in [0.2, 0.25) is 0 Å². The number of rotatable bonds is 0. The van der Waals surface area contributed by atoms with Crippen LogP contribution >= 0.6 is 0 Å². The van der Waals surface area contributed by atoms with Crippen molar-refractivity contribution < 1.29 is 15.0 Å². The summed E-state index contributed by atoms with van der Waals surface area (Å²) >= 11 is 0. The van der Waals surface area contributed by atoms with E-state index in [1.165, 1.54) is 4.90 Å². The Morgan fingerprint density at radius 1 is 1.53 bits per heavy atom. The van der Waals surface area contributed by atoms with E-state index in [-0.39, 0.29) is 18.3 Å². The summed E-state index contributed by atoms with van der Waals surface area (Å²) < 4.78 is 0. The Morgan fingerprint density at radius 3 is 2.93 bits per heavy atom. The molecule has 1 amide bonds. The quantitative estimate of drug-likeness (QED) is 0.682. The molecule has 0 saturated heterocycles. The van der Waals surface area contributed by atoms with E-state index in [1.807, 2.05) is 13.0 Å². The van der Waals surface area contributed by atoms with E-state index in [2.05, 4.69) is 0 Å². The number of amides is 1. The van der Waals surface area contributed by atoms with E-state index in [9.17, 15) is 9.90 Å². The zero-order valence-corrected chi connectivity index (χ0v) is 8.47. The third-order valence-corrected chi connectivity index (χ3v) is 2.87. The first-order valence-corrected chi connectivity index (χ1v) is 4.89. The van der Waals surface area contributed by atoms with Gasteiger partial charge in [-0.3, -0.25) is 0 Å². The van der Waals surface area contributed by atoms with Crippen molar-refractivity contribution in [1.29, 1.82) is 0 Å². The van der Waals surface area contributed by atoms with E-state index < -0.39 is 6.09 Å². The van der Waals surface area contributed by atoms with E-state index >= 15 is 0 Å². The van der Waals surface area contributed by atoms with Crippen molar-refractivity contribution in [2.75, 3.05) is 0 Å². The fraction of sp³-hybridized carbons (Fsp3) is 0.364. The van der Waals surface area contributed by atoms with Crippen molar-refractivity contribution in [2.24, 2.45) is 0 Å². The number of benzene rings is 1. The molecule has 1 unspecified atom stereocenters. The smallest absolute Gasteiger partial charge is 0.407 e. The monoisotopic (exact) mass is 207 g/mol. The average Bonchev–Trinajstić information content (AvgIpc) is 2.16. The highest BCUT2D eigenvalue weighted by atomic mass is 16.4. The minimum atomic E-state index is -0.934. The highest BCUT2D eigenvalue weighted by molar-refractivity contribution is 5.66. The molecule has 0 bridgehead atoms. The molecule has 4 nitrogen and oxygen atoms in total. The van der Waals surface area contributed by atoms with Crippen molar-refractivity contribution in [3.8, 4) is 5.75 Å². The number of carbonyl (C=O) groups is 1. The lowest BCUT2D eigenvalue weighted by molar-refractivity contribution is 0.119. The minimum absolute atomic E-state index is 0.0307. The van der Waals surface area contributed by atoms with Gasteiger partial charge in [0.15, 0.2) is 0 Å². The van der Waals surface area contributed by atoms with Gasteiger partial charge in [0.1, 0.15) is 5.75 Å². The van der Waals surface area contributed by atoms with Crippen molar-refractivity contribution in [3.63, 3.8) is 0 Å². The molecular weight excluding hydrogens is 194 g/mol. The predicted octanol–water partition coefficient (Wildman–Crippen LogP) is 1.82. The molecule has 15 heavy (non-hydrogen) atoms. The van der Waals surface area contributed by atoms with Crippen molar-refractivity contribution in [3.05, 3.63) is 29.3 Å². The van der Waals surface area contributed by atoms with Gasteiger partial charge in [0.2, 0.25) is 0 Å². The van der Waals surface area contributed by atoms with Gasteiger partial charge in [0.25, 0.3) is 0 Å². The van der Waals surface area contributed by atoms with Gasteiger partial charge in [0.05, 0.1) is 6.54 Å². The number of aromatic hydroxyl groups is 1. The Morgan fingerprint density at radius 2 is 2.27 bits per heavy atom. The summed E-state index contributed by atoms with van der Waals surface area (Å²) in [6, 6.07) is 5.29. The molecule has 80 valence electrons. The third kappa shape index (κ3) is 1.63. The number of hydrogen-bond donors (Lipinski definition) is 2. The van der Waals surface area contributed by atoms with Gasteiger partial charge < -0.3 is 15.1 Å². The summed E-state index contributed by atoms with van der Waals surface area (Å²) in [6.07, 6.45) is -0.271. The Labute approximate surface area is 87.8 Å². The fourth-order valence-corrected chi connectivity index (χ4v) is 2.01. The van der Waals surface area contributed by atoms with Gasteiger partial charge in [-0.2, -0.15) is 0 Å². The molecule has 0 radical (unpaired) electrons. The molecule has 0 aromatic heterocycles. The van der Waals surface area contributed by atoms with Crippen LogP contribution in [-0.2, 0) is 13.0 Å². The molecule has 1 aliphatic heterocycles. The summed E-state index contributed by atoms with van der Waals surface area (Å²) in [6.45, 7) is 2.15. The number of nitrogens with zero attached hydrogens (tertiary/aromatic N) is 1. The van der Waals surface area contributed by atoms with Crippen LogP contribution in [0, 0.1) is 0 Å². The molecule has 1 aromatic rings. The van der Waals surface area contributed by atoms with Crippen LogP contribution < -0.4 is 0 Å². The fourth-order valence-electron chi connectivity index (χ4n) is 2.01. The first-order valence-electron chi connectivity index (χ1n) is 4.89. The van der Waals surface area contributed by atoms with Gasteiger partial charge in [-0.05, 0) is 25.0 Å².